The molecule has 0 amide bonds. The summed E-state index contributed by atoms with van der Waals surface area (Å²) in [7, 11) is 0. The fourth-order valence-corrected chi connectivity index (χ4v) is 5.25. The van der Waals surface area contributed by atoms with Crippen molar-refractivity contribution in [2.24, 2.45) is 0 Å². The van der Waals surface area contributed by atoms with E-state index in [1.165, 1.54) is 32.3 Å². The maximum Gasteiger partial charge on any atom is 0.0878 e. The Morgan fingerprint density at radius 1 is 0.442 bits per heavy atom. The molecule has 0 spiro atoms. The Labute approximate surface area is 263 Å². The largest absolute Gasteiger partial charge is 0.305 e. The number of hydrogen-bond donors (Lipinski definition) is 0. The van der Waals surface area contributed by atoms with Crippen LogP contribution in [0.5, 0.6) is 0 Å². The second-order valence-electron chi connectivity index (χ2n) is 9.78. The van der Waals surface area contributed by atoms with E-state index in [-0.39, 0.29) is 20.1 Å². The van der Waals surface area contributed by atoms with Gasteiger partial charge in [0, 0.05) is 44.9 Å². The Morgan fingerprint density at radius 2 is 1.12 bits per heavy atom. The Hall–Kier alpha value is -5.09. The molecule has 0 unspecified atom stereocenters. The third-order valence-corrected chi connectivity index (χ3v) is 7.22. The number of fused-ring (bicyclic) bond motifs is 6. The van der Waals surface area contributed by atoms with E-state index in [1.54, 1.807) is 24.8 Å². The molecule has 3 aromatic heterocycles. The monoisotopic (exact) mass is 729 g/mol. The van der Waals surface area contributed by atoms with Gasteiger partial charge in [0.05, 0.1) is 11.9 Å². The van der Waals surface area contributed by atoms with Gasteiger partial charge in [0.2, 0.25) is 0 Å². The van der Waals surface area contributed by atoms with Gasteiger partial charge >= 0.3 is 0 Å². The van der Waals surface area contributed by atoms with Crippen LogP contribution in [-0.2, 0) is 20.1 Å². The molecule has 0 atom stereocenters. The number of aromatic nitrogens is 4. The van der Waals surface area contributed by atoms with Crippen LogP contribution in [0.2, 0.25) is 0 Å². The minimum Gasteiger partial charge on any atom is -0.305 e. The van der Waals surface area contributed by atoms with Gasteiger partial charge in [0.1, 0.15) is 0 Å². The molecule has 0 N–H and O–H groups in total. The zero-order valence-corrected chi connectivity index (χ0v) is 25.4. The number of pyridine rings is 2. The topological polar surface area (TPSA) is 51.6 Å². The van der Waals surface area contributed by atoms with Crippen LogP contribution >= 0.6 is 0 Å². The SMILES string of the molecule is [Ir].[c-]1cc2c3ccccc3c3ccccc3c2cc1-c1cc(-c2cnccn2)ccn1.[c-]1ccccc1-c1ccccn1. The second kappa shape index (κ2) is 12.8. The van der Waals surface area contributed by atoms with Crippen LogP contribution in [0.15, 0.2) is 146 Å². The van der Waals surface area contributed by atoms with E-state index in [0.717, 1.165) is 33.8 Å². The van der Waals surface area contributed by atoms with E-state index >= 15 is 0 Å². The van der Waals surface area contributed by atoms with E-state index in [2.05, 4.69) is 92.7 Å². The average Bonchev–Trinajstić information content (AvgIpc) is 3.10. The normalized spacial score (nSPS) is 10.6. The molecule has 0 bridgehead atoms. The summed E-state index contributed by atoms with van der Waals surface area (Å²) in [5.74, 6) is 0. The molecule has 5 heteroatoms. The van der Waals surface area contributed by atoms with Gasteiger partial charge in [-0.1, -0.05) is 82.9 Å². The molecule has 0 aliphatic carbocycles. The summed E-state index contributed by atoms with van der Waals surface area (Å²) in [6.07, 6.45) is 8.75. The van der Waals surface area contributed by atoms with Gasteiger partial charge in [-0.3, -0.25) is 9.97 Å². The number of rotatable bonds is 3. The molecule has 4 nitrogen and oxygen atoms in total. The summed E-state index contributed by atoms with van der Waals surface area (Å²) in [5, 5.41) is 7.44. The zero-order chi connectivity index (χ0) is 28.1. The Bertz CT molecular complexity index is 2060. The van der Waals surface area contributed by atoms with Crippen LogP contribution in [0.1, 0.15) is 0 Å². The Morgan fingerprint density at radius 3 is 1.79 bits per heavy atom. The Kier molecular flexibility index (Phi) is 8.37. The molecule has 3 heterocycles. The van der Waals surface area contributed by atoms with Crippen molar-refractivity contribution in [2.45, 2.75) is 0 Å². The van der Waals surface area contributed by atoms with E-state index in [0.29, 0.717) is 0 Å². The molecule has 207 valence electrons. The number of hydrogen-bond acceptors (Lipinski definition) is 4. The van der Waals surface area contributed by atoms with E-state index in [9.17, 15) is 0 Å². The van der Waals surface area contributed by atoms with Gasteiger partial charge in [-0.2, -0.15) is 0 Å². The summed E-state index contributed by atoms with van der Waals surface area (Å²) < 4.78 is 0. The second-order valence-corrected chi connectivity index (χ2v) is 9.78. The molecule has 1 radical (unpaired) electrons. The van der Waals surface area contributed by atoms with Crippen molar-refractivity contribution in [1.29, 1.82) is 0 Å². The van der Waals surface area contributed by atoms with Gasteiger partial charge in [-0.05, 0) is 45.2 Å². The van der Waals surface area contributed by atoms with Gasteiger partial charge in [0.15, 0.2) is 0 Å². The van der Waals surface area contributed by atoms with Crippen molar-refractivity contribution in [3.63, 3.8) is 0 Å². The predicted molar refractivity (Wildman–Crippen MR) is 171 cm³/mol. The van der Waals surface area contributed by atoms with Crippen molar-refractivity contribution in [3.8, 4) is 33.8 Å². The first-order chi connectivity index (χ1) is 20.8. The van der Waals surface area contributed by atoms with Crippen molar-refractivity contribution >= 4 is 32.3 Å². The first-order valence-corrected chi connectivity index (χ1v) is 13.7. The van der Waals surface area contributed by atoms with E-state index < -0.39 is 0 Å². The van der Waals surface area contributed by atoms with Gasteiger partial charge < -0.3 is 9.97 Å². The summed E-state index contributed by atoms with van der Waals surface area (Å²) in [6, 6.07) is 45.7. The quantitative estimate of drug-likeness (QED) is 0.135. The molecule has 8 aromatic rings. The van der Waals surface area contributed by atoms with Crippen molar-refractivity contribution in [2.75, 3.05) is 0 Å². The predicted octanol–water partition coefficient (Wildman–Crippen LogP) is 9.01. The molecule has 0 aliphatic heterocycles. The maximum absolute atomic E-state index is 4.60. The first kappa shape index (κ1) is 28.0. The molecular weight excluding hydrogens is 705 g/mol. The summed E-state index contributed by atoms with van der Waals surface area (Å²) in [6.45, 7) is 0. The van der Waals surface area contributed by atoms with Crippen LogP contribution in [-0.4, -0.2) is 19.9 Å². The van der Waals surface area contributed by atoms with Gasteiger partial charge in [-0.25, -0.2) is 0 Å². The summed E-state index contributed by atoms with van der Waals surface area (Å²) in [4.78, 5) is 17.4. The zero-order valence-electron chi connectivity index (χ0n) is 23.0. The molecule has 43 heavy (non-hydrogen) atoms. The maximum atomic E-state index is 4.60. The first-order valence-electron chi connectivity index (χ1n) is 13.7. The van der Waals surface area contributed by atoms with Crippen LogP contribution in [0.25, 0.3) is 66.1 Å². The van der Waals surface area contributed by atoms with Gasteiger partial charge in [-0.15, -0.1) is 59.7 Å². The fraction of sp³-hybridized carbons (Fsp3) is 0. The molecule has 0 saturated heterocycles. The van der Waals surface area contributed by atoms with E-state index in [4.69, 9.17) is 0 Å². The van der Waals surface area contributed by atoms with Crippen LogP contribution in [0.3, 0.4) is 0 Å². The van der Waals surface area contributed by atoms with Crippen molar-refractivity contribution in [3.05, 3.63) is 158 Å². The van der Waals surface area contributed by atoms with Crippen molar-refractivity contribution in [1.82, 2.24) is 19.9 Å². The van der Waals surface area contributed by atoms with Crippen LogP contribution in [0, 0.1) is 12.1 Å². The molecule has 0 aliphatic rings. The Balaban J connectivity index is 0.000000213. The van der Waals surface area contributed by atoms with Crippen molar-refractivity contribution < 1.29 is 20.1 Å². The third-order valence-electron chi connectivity index (χ3n) is 7.22. The van der Waals surface area contributed by atoms with E-state index in [1.807, 2.05) is 60.8 Å². The average molecular weight is 729 g/mol. The molecule has 8 rings (SSSR count). The summed E-state index contributed by atoms with van der Waals surface area (Å²) in [5.41, 5.74) is 5.67. The summed E-state index contributed by atoms with van der Waals surface area (Å²) >= 11 is 0. The number of nitrogens with zero attached hydrogens (tertiary/aromatic N) is 4. The molecule has 0 fully saturated rings. The fourth-order valence-electron chi connectivity index (χ4n) is 5.25. The standard InChI is InChI=1S/C27H16N3.C11H8N.Ir/c1-2-7-22-20(5-1)21-6-3-4-8-23(21)25-15-18(9-10-24(22)25)26-16-19(11-12-29-26)27-17-28-13-14-30-27;1-2-6-10(7-3-1)11-8-4-5-9-12-11;/h1-8,10-17H;1-6,8-9H;/q2*-1;. The minimum atomic E-state index is 0. The smallest absolute Gasteiger partial charge is 0.0878 e. The minimum absolute atomic E-state index is 0. The number of benzene rings is 5. The molecule has 5 aromatic carbocycles. The van der Waals surface area contributed by atoms with Gasteiger partial charge in [0.25, 0.3) is 0 Å². The third kappa shape index (κ3) is 5.82. The van der Waals surface area contributed by atoms with Crippen LogP contribution < -0.4 is 0 Å². The van der Waals surface area contributed by atoms with Crippen LogP contribution in [0.4, 0.5) is 0 Å². The molecular formula is C38H24IrN4-2. The molecule has 0 saturated carbocycles.